The number of hydrogen-bond acceptors (Lipinski definition) is 1. The van der Waals surface area contributed by atoms with Gasteiger partial charge in [0.1, 0.15) is 0 Å². The summed E-state index contributed by atoms with van der Waals surface area (Å²) in [6.45, 7) is 28.5. The molecule has 0 aliphatic rings. The molecule has 0 saturated carbocycles. The first kappa shape index (κ1) is 27.5. The van der Waals surface area contributed by atoms with Crippen LogP contribution >= 0.6 is 0 Å². The zero-order chi connectivity index (χ0) is 17.3. The molecule has 0 rings (SSSR count). The molecule has 0 atom stereocenters. The molecule has 0 bridgehead atoms. The van der Waals surface area contributed by atoms with E-state index in [9.17, 15) is 0 Å². The van der Waals surface area contributed by atoms with E-state index in [1.807, 2.05) is 0 Å². The van der Waals surface area contributed by atoms with Crippen molar-refractivity contribution >= 4 is 8.24 Å². The first-order valence-electron chi connectivity index (χ1n) is 8.35. The van der Waals surface area contributed by atoms with Gasteiger partial charge in [0.15, 0.2) is 0 Å². The van der Waals surface area contributed by atoms with Gasteiger partial charge in [0.05, 0.1) is 0 Å². The molecule has 0 heterocycles. The Balaban J connectivity index is -0.000000326. The van der Waals surface area contributed by atoms with Crippen LogP contribution in [0.4, 0.5) is 0 Å². The number of likely N-dealkylation sites (N-methyl/N-ethyl adjacent to an activating group) is 1. The van der Waals surface area contributed by atoms with Crippen molar-refractivity contribution in [2.24, 2.45) is 0 Å². The summed E-state index contributed by atoms with van der Waals surface area (Å²) < 4.78 is 0. The van der Waals surface area contributed by atoms with Gasteiger partial charge in [-0.3, -0.25) is 0 Å². The van der Waals surface area contributed by atoms with Crippen LogP contribution in [-0.2, 0) is 16.8 Å². The predicted molar refractivity (Wildman–Crippen MR) is 102 cm³/mol. The molecule has 0 aromatic heterocycles. The maximum atomic E-state index is 4.69. The molecule has 0 aromatic rings. The molecular weight excluding hydrogens is 333 g/mol. The molecule has 5 heteroatoms. The van der Waals surface area contributed by atoms with E-state index >= 15 is 0 Å². The molecule has 0 fully saturated rings. The predicted octanol–water partition coefficient (Wildman–Crippen LogP) is 5.49. The molecule has 0 aromatic carbocycles. The Morgan fingerprint density at radius 1 is 0.818 bits per heavy atom. The van der Waals surface area contributed by atoms with Gasteiger partial charge in [0.2, 0.25) is 0 Å². The summed E-state index contributed by atoms with van der Waals surface area (Å²) in [6.07, 6.45) is 0. The average Bonchev–Trinajstić information content (AvgIpc) is 2.18. The molecule has 136 valence electrons. The monoisotopic (exact) mass is 374 g/mol. The van der Waals surface area contributed by atoms with Crippen molar-refractivity contribution in [2.45, 2.75) is 86.1 Å². The van der Waals surface area contributed by atoms with Gasteiger partial charge in [-0.2, -0.15) is 0 Å². The average molecular weight is 375 g/mol. The van der Waals surface area contributed by atoms with E-state index in [4.69, 9.17) is 0 Å². The van der Waals surface area contributed by atoms with Crippen LogP contribution in [0, 0.1) is 0 Å². The second-order valence-electron chi connectivity index (χ2n) is 8.53. The minimum atomic E-state index is -1.15. The van der Waals surface area contributed by atoms with Crippen molar-refractivity contribution in [3.8, 4) is 0 Å². The SMILES string of the molecule is CC(C)(C)[N-]C(C)(C)C.CCN(CC)CC[N-][Si](C)(C)C.[Co+3]. The molecule has 0 amide bonds. The van der Waals surface area contributed by atoms with E-state index in [0.717, 1.165) is 26.2 Å². The van der Waals surface area contributed by atoms with Crippen LogP contribution in [0.5, 0.6) is 0 Å². The summed E-state index contributed by atoms with van der Waals surface area (Å²) >= 11 is 0. The van der Waals surface area contributed by atoms with E-state index in [1.165, 1.54) is 0 Å². The minimum Gasteiger partial charge on any atom is -0.664 e. The van der Waals surface area contributed by atoms with Crippen molar-refractivity contribution in [1.29, 1.82) is 0 Å². The zero-order valence-corrected chi connectivity index (χ0v) is 19.0. The molecule has 0 unspecified atom stereocenters. The molecular formula is C17H41CoN3Si+. The Labute approximate surface area is 152 Å². The van der Waals surface area contributed by atoms with Crippen LogP contribution in [0.2, 0.25) is 19.6 Å². The van der Waals surface area contributed by atoms with E-state index < -0.39 is 8.24 Å². The molecule has 0 saturated heterocycles. The second-order valence-corrected chi connectivity index (χ2v) is 13.2. The topological polar surface area (TPSA) is 31.4 Å². The number of rotatable bonds is 6. The molecule has 22 heavy (non-hydrogen) atoms. The van der Waals surface area contributed by atoms with Crippen molar-refractivity contribution in [3.63, 3.8) is 0 Å². The Morgan fingerprint density at radius 3 is 1.36 bits per heavy atom. The summed E-state index contributed by atoms with van der Waals surface area (Å²) in [5.41, 5.74) is 0.219. The van der Waals surface area contributed by atoms with E-state index in [-0.39, 0.29) is 27.9 Å². The zero-order valence-electron chi connectivity index (χ0n) is 17.0. The van der Waals surface area contributed by atoms with E-state index in [2.05, 4.69) is 90.2 Å². The van der Waals surface area contributed by atoms with Crippen molar-refractivity contribution in [3.05, 3.63) is 10.3 Å². The maximum absolute atomic E-state index is 4.69. The van der Waals surface area contributed by atoms with Gasteiger partial charge in [0.25, 0.3) is 0 Å². The molecule has 0 radical (unpaired) electrons. The molecule has 0 N–H and O–H groups in total. The Bertz CT molecular complexity index is 236. The van der Waals surface area contributed by atoms with Gasteiger partial charge in [-0.15, -0.1) is 17.6 Å². The summed E-state index contributed by atoms with van der Waals surface area (Å²) in [7, 11) is -1.15. The summed E-state index contributed by atoms with van der Waals surface area (Å²) in [6, 6.07) is 0. The first-order valence-corrected chi connectivity index (χ1v) is 11.8. The fourth-order valence-corrected chi connectivity index (χ4v) is 2.84. The van der Waals surface area contributed by atoms with Crippen LogP contribution in [0.15, 0.2) is 0 Å². The van der Waals surface area contributed by atoms with Crippen LogP contribution in [0.3, 0.4) is 0 Å². The number of nitrogens with zero attached hydrogens (tertiary/aromatic N) is 3. The van der Waals surface area contributed by atoms with Gasteiger partial charge in [-0.05, 0) is 19.6 Å². The minimum absolute atomic E-state index is 0. The molecule has 0 aliphatic carbocycles. The maximum Gasteiger partial charge on any atom is 3.00 e. The van der Waals surface area contributed by atoms with Gasteiger partial charge < -0.3 is 15.2 Å². The van der Waals surface area contributed by atoms with Crippen LogP contribution in [-0.4, -0.2) is 50.4 Å². The van der Waals surface area contributed by atoms with Gasteiger partial charge in [-0.25, -0.2) is 0 Å². The summed E-state index contributed by atoms with van der Waals surface area (Å²) in [4.78, 5) is 7.11. The summed E-state index contributed by atoms with van der Waals surface area (Å²) in [5.74, 6) is 0. The standard InChI is InChI=1S/C9H23N2Si.C8H18N.Co/c1-6-11(7-2)9-8-10-12(3,4)5;1-7(2,3)9-8(4,5)6;/h6-9H2,1-5H3;1-6H3;/q2*-1;+3. The van der Waals surface area contributed by atoms with Gasteiger partial charge in [-0.1, -0.05) is 83.3 Å². The molecule has 3 nitrogen and oxygen atoms in total. The van der Waals surface area contributed by atoms with E-state index in [0.29, 0.717) is 0 Å². The van der Waals surface area contributed by atoms with E-state index in [1.54, 1.807) is 0 Å². The fourth-order valence-electron chi connectivity index (χ4n) is 2.07. The third-order valence-corrected chi connectivity index (χ3v) is 3.74. The second kappa shape index (κ2) is 12.0. The van der Waals surface area contributed by atoms with Crippen LogP contribution in [0.25, 0.3) is 10.3 Å². The molecule has 0 spiro atoms. The Hall–Kier alpha value is 0.603. The largest absolute Gasteiger partial charge is 3.00 e. The third kappa shape index (κ3) is 25.6. The van der Waals surface area contributed by atoms with Crippen molar-refractivity contribution < 1.29 is 16.8 Å². The smallest absolute Gasteiger partial charge is 0.664 e. The van der Waals surface area contributed by atoms with Gasteiger partial charge >= 0.3 is 16.8 Å². The van der Waals surface area contributed by atoms with Crippen LogP contribution in [0.1, 0.15) is 55.4 Å². The van der Waals surface area contributed by atoms with Crippen molar-refractivity contribution in [2.75, 3.05) is 26.2 Å². The number of hydrogen-bond donors (Lipinski definition) is 0. The molecule has 0 aliphatic heterocycles. The summed E-state index contributed by atoms with van der Waals surface area (Å²) in [5, 5.41) is 4.54. The van der Waals surface area contributed by atoms with Crippen LogP contribution < -0.4 is 0 Å². The fraction of sp³-hybridized carbons (Fsp3) is 1.00. The normalized spacial score (nSPS) is 12.5. The first-order chi connectivity index (χ1) is 9.20. The quantitative estimate of drug-likeness (QED) is 0.566. The van der Waals surface area contributed by atoms with Crippen molar-refractivity contribution in [1.82, 2.24) is 4.90 Å². The van der Waals surface area contributed by atoms with Gasteiger partial charge in [0, 0.05) is 0 Å². The Kier molecular flexibility index (Phi) is 15.0. The third-order valence-electron chi connectivity index (χ3n) is 2.57. The Morgan fingerprint density at radius 2 is 1.18 bits per heavy atom.